The average Bonchev–Trinajstić information content (AvgIpc) is 2.53. The summed E-state index contributed by atoms with van der Waals surface area (Å²) < 4.78 is 0. The van der Waals surface area contributed by atoms with Crippen LogP contribution in [0.3, 0.4) is 0 Å². The van der Waals surface area contributed by atoms with Crippen LogP contribution in [0.5, 0.6) is 0 Å². The standard InChI is InChI=1S/C19H34N2/c1-3-4-5-6-7-8-9-10-11-12-15-21-18(2)19-13-16-20-17-14-19/h13-14,16-18,21H,3-12,15H2,1-2H3/t18-/m0/s1. The Morgan fingerprint density at radius 2 is 1.38 bits per heavy atom. The highest BCUT2D eigenvalue weighted by molar-refractivity contribution is 5.13. The monoisotopic (exact) mass is 290 g/mol. The molecule has 1 N–H and O–H groups in total. The number of nitrogens with zero attached hydrogens (tertiary/aromatic N) is 1. The van der Waals surface area contributed by atoms with Gasteiger partial charge < -0.3 is 5.32 Å². The minimum atomic E-state index is 0.437. The van der Waals surface area contributed by atoms with E-state index in [4.69, 9.17) is 0 Å². The molecule has 0 spiro atoms. The Morgan fingerprint density at radius 3 is 1.95 bits per heavy atom. The lowest BCUT2D eigenvalue weighted by atomic mass is 10.1. The number of aromatic nitrogens is 1. The molecule has 0 unspecified atom stereocenters. The van der Waals surface area contributed by atoms with Gasteiger partial charge in [0.15, 0.2) is 0 Å². The van der Waals surface area contributed by atoms with Crippen LogP contribution in [-0.4, -0.2) is 11.5 Å². The van der Waals surface area contributed by atoms with Crippen LogP contribution in [0, 0.1) is 0 Å². The van der Waals surface area contributed by atoms with Gasteiger partial charge in [-0.15, -0.1) is 0 Å². The molecular formula is C19H34N2. The first-order valence-corrected chi connectivity index (χ1v) is 8.98. The highest BCUT2D eigenvalue weighted by Crippen LogP contribution is 2.12. The molecule has 0 saturated carbocycles. The van der Waals surface area contributed by atoms with Crippen molar-refractivity contribution < 1.29 is 0 Å². The van der Waals surface area contributed by atoms with Crippen molar-refractivity contribution in [3.05, 3.63) is 30.1 Å². The fourth-order valence-corrected chi connectivity index (χ4v) is 2.70. The van der Waals surface area contributed by atoms with E-state index in [1.54, 1.807) is 0 Å². The Hall–Kier alpha value is -0.890. The topological polar surface area (TPSA) is 24.9 Å². The lowest BCUT2D eigenvalue weighted by molar-refractivity contribution is 0.518. The minimum Gasteiger partial charge on any atom is -0.310 e. The number of nitrogens with one attached hydrogen (secondary N) is 1. The predicted molar refractivity (Wildman–Crippen MR) is 92.5 cm³/mol. The molecule has 1 atom stereocenters. The third-order valence-corrected chi connectivity index (χ3v) is 4.19. The Balaban J connectivity index is 1.86. The van der Waals surface area contributed by atoms with Crippen LogP contribution in [0.4, 0.5) is 0 Å². The number of hydrogen-bond acceptors (Lipinski definition) is 2. The SMILES string of the molecule is CCCCCCCCCCCCN[C@@H](C)c1ccncc1. The number of unbranched alkanes of at least 4 members (excludes halogenated alkanes) is 9. The summed E-state index contributed by atoms with van der Waals surface area (Å²) in [7, 11) is 0. The predicted octanol–water partition coefficient (Wildman–Crippen LogP) is 5.65. The van der Waals surface area contributed by atoms with Gasteiger partial charge in [0.2, 0.25) is 0 Å². The van der Waals surface area contributed by atoms with E-state index in [1.807, 2.05) is 12.4 Å². The van der Waals surface area contributed by atoms with Crippen LogP contribution in [-0.2, 0) is 0 Å². The van der Waals surface area contributed by atoms with Crippen molar-refractivity contribution in [1.82, 2.24) is 10.3 Å². The van der Waals surface area contributed by atoms with Gasteiger partial charge in [0, 0.05) is 18.4 Å². The summed E-state index contributed by atoms with van der Waals surface area (Å²) in [4.78, 5) is 4.06. The molecule has 0 aliphatic heterocycles. The second-order valence-electron chi connectivity index (χ2n) is 6.14. The van der Waals surface area contributed by atoms with Gasteiger partial charge in [-0.2, -0.15) is 0 Å². The lowest BCUT2D eigenvalue weighted by Crippen LogP contribution is -2.19. The molecule has 0 bridgehead atoms. The van der Waals surface area contributed by atoms with Crippen molar-refractivity contribution in [2.45, 2.75) is 84.1 Å². The van der Waals surface area contributed by atoms with Gasteiger partial charge in [0.25, 0.3) is 0 Å². The first-order valence-electron chi connectivity index (χ1n) is 8.98. The summed E-state index contributed by atoms with van der Waals surface area (Å²) in [6, 6.07) is 4.62. The maximum atomic E-state index is 4.06. The molecule has 0 amide bonds. The van der Waals surface area contributed by atoms with Gasteiger partial charge in [0.1, 0.15) is 0 Å². The largest absolute Gasteiger partial charge is 0.310 e. The Labute approximate surface area is 131 Å². The second kappa shape index (κ2) is 12.8. The molecule has 0 aliphatic rings. The fraction of sp³-hybridized carbons (Fsp3) is 0.737. The Bertz CT molecular complexity index is 324. The molecule has 1 rings (SSSR count). The maximum Gasteiger partial charge on any atom is 0.0292 e. The second-order valence-corrected chi connectivity index (χ2v) is 6.14. The van der Waals surface area contributed by atoms with Crippen molar-refractivity contribution in [3.8, 4) is 0 Å². The first-order chi connectivity index (χ1) is 10.3. The average molecular weight is 290 g/mol. The smallest absolute Gasteiger partial charge is 0.0292 e. The Morgan fingerprint density at radius 1 is 0.857 bits per heavy atom. The van der Waals surface area contributed by atoms with E-state index >= 15 is 0 Å². The Kier molecular flexibility index (Phi) is 11.1. The van der Waals surface area contributed by atoms with Gasteiger partial charge in [-0.1, -0.05) is 64.7 Å². The maximum absolute atomic E-state index is 4.06. The van der Waals surface area contributed by atoms with Gasteiger partial charge >= 0.3 is 0 Å². The van der Waals surface area contributed by atoms with Gasteiger partial charge in [-0.25, -0.2) is 0 Å². The van der Waals surface area contributed by atoms with Crippen LogP contribution in [0.1, 0.15) is 89.7 Å². The lowest BCUT2D eigenvalue weighted by Gasteiger charge is -2.13. The van der Waals surface area contributed by atoms with Crippen LogP contribution in [0.15, 0.2) is 24.5 Å². The third-order valence-electron chi connectivity index (χ3n) is 4.19. The van der Waals surface area contributed by atoms with Crippen LogP contribution in [0.25, 0.3) is 0 Å². The van der Waals surface area contributed by atoms with Crippen LogP contribution in [0.2, 0.25) is 0 Å². The first kappa shape index (κ1) is 18.2. The molecule has 0 aromatic carbocycles. The van der Waals surface area contributed by atoms with Gasteiger partial charge in [-0.3, -0.25) is 4.98 Å². The summed E-state index contributed by atoms with van der Waals surface area (Å²) in [6.45, 7) is 5.63. The van der Waals surface area contributed by atoms with Gasteiger partial charge in [-0.05, 0) is 37.6 Å². The van der Waals surface area contributed by atoms with E-state index < -0.39 is 0 Å². The fourth-order valence-electron chi connectivity index (χ4n) is 2.70. The summed E-state index contributed by atoms with van der Waals surface area (Å²) in [5, 5.41) is 3.60. The van der Waals surface area contributed by atoms with Crippen molar-refractivity contribution in [3.63, 3.8) is 0 Å². The number of pyridine rings is 1. The summed E-state index contributed by atoms with van der Waals surface area (Å²) in [5.41, 5.74) is 1.33. The van der Waals surface area contributed by atoms with E-state index in [2.05, 4.69) is 36.3 Å². The van der Waals surface area contributed by atoms with Gasteiger partial charge in [0.05, 0.1) is 0 Å². The molecule has 1 aromatic rings. The summed E-state index contributed by atoms with van der Waals surface area (Å²) in [5.74, 6) is 0. The molecule has 0 aliphatic carbocycles. The highest BCUT2D eigenvalue weighted by atomic mass is 14.9. The van der Waals surface area contributed by atoms with E-state index in [9.17, 15) is 0 Å². The number of rotatable bonds is 13. The zero-order chi connectivity index (χ0) is 15.2. The quantitative estimate of drug-likeness (QED) is 0.475. The molecular weight excluding hydrogens is 256 g/mol. The minimum absolute atomic E-state index is 0.437. The summed E-state index contributed by atoms with van der Waals surface area (Å²) >= 11 is 0. The van der Waals surface area contributed by atoms with Crippen molar-refractivity contribution in [1.29, 1.82) is 0 Å². The molecule has 0 radical (unpaired) electrons. The van der Waals surface area contributed by atoms with Crippen molar-refractivity contribution in [2.75, 3.05) is 6.54 Å². The molecule has 120 valence electrons. The van der Waals surface area contributed by atoms with Crippen molar-refractivity contribution >= 4 is 0 Å². The van der Waals surface area contributed by atoms with E-state index in [0.717, 1.165) is 6.54 Å². The van der Waals surface area contributed by atoms with Crippen molar-refractivity contribution in [2.24, 2.45) is 0 Å². The normalized spacial score (nSPS) is 12.5. The van der Waals surface area contributed by atoms with Crippen LogP contribution < -0.4 is 5.32 Å². The van der Waals surface area contributed by atoms with E-state index in [-0.39, 0.29) is 0 Å². The third kappa shape index (κ3) is 9.62. The molecule has 0 fully saturated rings. The molecule has 21 heavy (non-hydrogen) atoms. The molecule has 0 saturated heterocycles. The molecule has 2 heteroatoms. The molecule has 2 nitrogen and oxygen atoms in total. The number of hydrogen-bond donors (Lipinski definition) is 1. The van der Waals surface area contributed by atoms with E-state index in [1.165, 1.54) is 69.8 Å². The zero-order valence-electron chi connectivity index (χ0n) is 14.1. The summed E-state index contributed by atoms with van der Waals surface area (Å²) in [6.07, 6.45) is 17.8. The van der Waals surface area contributed by atoms with E-state index in [0.29, 0.717) is 6.04 Å². The zero-order valence-corrected chi connectivity index (χ0v) is 14.1. The molecule has 1 heterocycles. The highest BCUT2D eigenvalue weighted by Gasteiger charge is 2.02. The van der Waals surface area contributed by atoms with Crippen LogP contribution >= 0.6 is 0 Å². The molecule has 1 aromatic heterocycles.